The van der Waals surface area contributed by atoms with E-state index in [2.05, 4.69) is 6.07 Å². The number of aldehydes is 1. The molecular formula is C15H17NO2. The maximum Gasteiger partial charge on any atom is 0.151 e. The lowest BCUT2D eigenvalue weighted by molar-refractivity contribution is -0.131. The zero-order valence-electron chi connectivity index (χ0n) is 10.6. The molecule has 1 aliphatic rings. The van der Waals surface area contributed by atoms with Crippen LogP contribution in [0.25, 0.3) is 0 Å². The summed E-state index contributed by atoms with van der Waals surface area (Å²) in [6.45, 7) is 0. The fourth-order valence-electron chi connectivity index (χ4n) is 2.64. The van der Waals surface area contributed by atoms with E-state index in [1.807, 2.05) is 24.3 Å². The molecule has 1 aromatic rings. The van der Waals surface area contributed by atoms with Gasteiger partial charge in [-0.2, -0.15) is 5.26 Å². The monoisotopic (exact) mass is 243 g/mol. The molecule has 0 unspecified atom stereocenters. The Hall–Kier alpha value is -1.66. The Labute approximate surface area is 107 Å². The number of carbonyl (C=O) groups excluding carboxylic acids is 1. The maximum atomic E-state index is 11.1. The summed E-state index contributed by atoms with van der Waals surface area (Å²) in [5, 5.41) is 8.77. The van der Waals surface area contributed by atoms with Gasteiger partial charge < -0.3 is 9.53 Å². The molecule has 0 radical (unpaired) electrons. The van der Waals surface area contributed by atoms with E-state index in [-0.39, 0.29) is 0 Å². The van der Waals surface area contributed by atoms with Crippen molar-refractivity contribution in [2.45, 2.75) is 37.2 Å². The summed E-state index contributed by atoms with van der Waals surface area (Å²) < 4.78 is 5.34. The average molecular weight is 243 g/mol. The molecule has 0 aromatic heterocycles. The normalized spacial score (nSPS) is 27.4. The molecule has 0 amide bonds. The minimum atomic E-state index is -0.566. The van der Waals surface area contributed by atoms with Crippen LogP contribution in [0.2, 0.25) is 0 Å². The Bertz CT molecular complexity index is 450. The smallest absolute Gasteiger partial charge is 0.151 e. The molecule has 1 aromatic carbocycles. The Morgan fingerprint density at radius 1 is 1.33 bits per heavy atom. The lowest BCUT2D eigenvalue weighted by Crippen LogP contribution is -2.37. The van der Waals surface area contributed by atoms with Gasteiger partial charge in [-0.15, -0.1) is 0 Å². The largest absolute Gasteiger partial charge is 0.371 e. The average Bonchev–Trinajstić information content (AvgIpc) is 2.47. The van der Waals surface area contributed by atoms with Gasteiger partial charge in [0, 0.05) is 7.11 Å². The number of methoxy groups -OCH3 is 1. The molecule has 1 saturated carbocycles. The van der Waals surface area contributed by atoms with Crippen LogP contribution in [0.3, 0.4) is 0 Å². The predicted octanol–water partition coefficient (Wildman–Crippen LogP) is 2.80. The summed E-state index contributed by atoms with van der Waals surface area (Å²) in [5.41, 5.74) is 1.38. The van der Waals surface area contributed by atoms with Crippen LogP contribution in [0, 0.1) is 11.3 Å². The van der Waals surface area contributed by atoms with Gasteiger partial charge >= 0.3 is 0 Å². The molecule has 0 atom stereocenters. The first kappa shape index (κ1) is 12.8. The van der Waals surface area contributed by atoms with Gasteiger partial charge in [-0.05, 0) is 49.3 Å². The third-order valence-electron chi connectivity index (χ3n) is 3.96. The van der Waals surface area contributed by atoms with Gasteiger partial charge in [0.1, 0.15) is 5.60 Å². The van der Waals surface area contributed by atoms with Gasteiger partial charge in [-0.1, -0.05) is 12.1 Å². The number of nitrogens with zero attached hydrogens (tertiary/aromatic N) is 1. The lowest BCUT2D eigenvalue weighted by Gasteiger charge is -2.35. The molecule has 0 bridgehead atoms. The van der Waals surface area contributed by atoms with Crippen molar-refractivity contribution in [3.8, 4) is 6.07 Å². The van der Waals surface area contributed by atoms with Gasteiger partial charge in [0.15, 0.2) is 6.29 Å². The van der Waals surface area contributed by atoms with Crippen LogP contribution in [0.15, 0.2) is 24.3 Å². The van der Waals surface area contributed by atoms with Crippen molar-refractivity contribution in [2.24, 2.45) is 0 Å². The summed E-state index contributed by atoms with van der Waals surface area (Å²) in [6, 6.07) is 9.87. The van der Waals surface area contributed by atoms with Gasteiger partial charge in [0.05, 0.1) is 11.6 Å². The van der Waals surface area contributed by atoms with Crippen LogP contribution in [-0.2, 0) is 9.53 Å². The van der Waals surface area contributed by atoms with Crippen molar-refractivity contribution < 1.29 is 9.53 Å². The molecule has 0 aliphatic heterocycles. The molecule has 0 spiro atoms. The summed E-state index contributed by atoms with van der Waals surface area (Å²) >= 11 is 0. The van der Waals surface area contributed by atoms with E-state index < -0.39 is 5.60 Å². The number of ether oxygens (including phenoxy) is 1. The van der Waals surface area contributed by atoms with Gasteiger partial charge in [-0.25, -0.2) is 0 Å². The van der Waals surface area contributed by atoms with Crippen LogP contribution in [0.1, 0.15) is 42.7 Å². The van der Waals surface area contributed by atoms with Gasteiger partial charge in [0.25, 0.3) is 0 Å². The van der Waals surface area contributed by atoms with Crippen molar-refractivity contribution in [1.82, 2.24) is 0 Å². The maximum absolute atomic E-state index is 11.1. The lowest BCUT2D eigenvalue weighted by atomic mass is 9.76. The number of hydrogen-bond donors (Lipinski definition) is 0. The van der Waals surface area contributed by atoms with Crippen molar-refractivity contribution in [2.75, 3.05) is 7.11 Å². The molecule has 1 aliphatic carbocycles. The van der Waals surface area contributed by atoms with Crippen LogP contribution in [-0.4, -0.2) is 19.0 Å². The van der Waals surface area contributed by atoms with E-state index in [9.17, 15) is 4.79 Å². The van der Waals surface area contributed by atoms with Crippen LogP contribution in [0.4, 0.5) is 0 Å². The van der Waals surface area contributed by atoms with Crippen molar-refractivity contribution in [3.05, 3.63) is 35.4 Å². The van der Waals surface area contributed by atoms with E-state index >= 15 is 0 Å². The molecule has 0 saturated heterocycles. The van der Waals surface area contributed by atoms with E-state index in [4.69, 9.17) is 10.00 Å². The summed E-state index contributed by atoms with van der Waals surface area (Å²) in [5.74, 6) is 0.473. The van der Waals surface area contributed by atoms with Crippen LogP contribution >= 0.6 is 0 Å². The van der Waals surface area contributed by atoms with Gasteiger partial charge in [-0.3, -0.25) is 0 Å². The summed E-state index contributed by atoms with van der Waals surface area (Å²) in [6.07, 6.45) is 4.41. The standard InChI is InChI=1S/C15H17NO2/c1-18-15(11-17)8-6-14(7-9-15)13-4-2-12(10-16)3-5-13/h2-5,11,14H,6-9H2,1H3. The Balaban J connectivity index is 2.05. The molecular weight excluding hydrogens is 226 g/mol. The Kier molecular flexibility index (Phi) is 3.78. The summed E-state index contributed by atoms with van der Waals surface area (Å²) in [4.78, 5) is 11.1. The Morgan fingerprint density at radius 3 is 2.39 bits per heavy atom. The highest BCUT2D eigenvalue weighted by molar-refractivity contribution is 5.62. The zero-order chi connectivity index (χ0) is 13.0. The first-order chi connectivity index (χ1) is 8.73. The van der Waals surface area contributed by atoms with E-state index in [1.165, 1.54) is 5.56 Å². The van der Waals surface area contributed by atoms with E-state index in [0.29, 0.717) is 11.5 Å². The number of carbonyl (C=O) groups is 1. The van der Waals surface area contributed by atoms with Crippen molar-refractivity contribution >= 4 is 6.29 Å². The highest BCUT2D eigenvalue weighted by Crippen LogP contribution is 2.38. The fourth-order valence-corrected chi connectivity index (χ4v) is 2.64. The number of benzene rings is 1. The third kappa shape index (κ3) is 2.44. The molecule has 94 valence electrons. The molecule has 0 heterocycles. The summed E-state index contributed by atoms with van der Waals surface area (Å²) in [7, 11) is 1.61. The number of hydrogen-bond acceptors (Lipinski definition) is 3. The van der Waals surface area contributed by atoms with Crippen LogP contribution in [0.5, 0.6) is 0 Å². The van der Waals surface area contributed by atoms with Gasteiger partial charge in [0.2, 0.25) is 0 Å². The second kappa shape index (κ2) is 5.32. The van der Waals surface area contributed by atoms with Crippen molar-refractivity contribution in [1.29, 1.82) is 5.26 Å². The first-order valence-electron chi connectivity index (χ1n) is 6.24. The highest BCUT2D eigenvalue weighted by atomic mass is 16.5. The highest BCUT2D eigenvalue weighted by Gasteiger charge is 2.35. The SMILES string of the molecule is COC1(C=O)CCC(c2ccc(C#N)cc2)CC1. The molecule has 1 fully saturated rings. The quantitative estimate of drug-likeness (QED) is 0.767. The predicted molar refractivity (Wildman–Crippen MR) is 68.2 cm³/mol. The molecule has 3 nitrogen and oxygen atoms in total. The van der Waals surface area contributed by atoms with Crippen LogP contribution < -0.4 is 0 Å². The number of nitriles is 1. The fraction of sp³-hybridized carbons (Fsp3) is 0.467. The zero-order valence-corrected chi connectivity index (χ0v) is 10.6. The van der Waals surface area contributed by atoms with E-state index in [1.54, 1.807) is 7.11 Å². The molecule has 0 N–H and O–H groups in total. The molecule has 2 rings (SSSR count). The second-order valence-corrected chi connectivity index (χ2v) is 4.89. The molecule has 18 heavy (non-hydrogen) atoms. The second-order valence-electron chi connectivity index (χ2n) is 4.89. The minimum absolute atomic E-state index is 0.473. The van der Waals surface area contributed by atoms with Crippen molar-refractivity contribution in [3.63, 3.8) is 0 Å². The minimum Gasteiger partial charge on any atom is -0.371 e. The first-order valence-corrected chi connectivity index (χ1v) is 6.24. The Morgan fingerprint density at radius 2 is 1.94 bits per heavy atom. The number of rotatable bonds is 3. The molecule has 3 heteroatoms. The van der Waals surface area contributed by atoms with E-state index in [0.717, 1.165) is 32.0 Å². The topological polar surface area (TPSA) is 50.1 Å². The third-order valence-corrected chi connectivity index (χ3v) is 3.96.